The maximum Gasteiger partial charge on any atom is 0.239 e. The van der Waals surface area contributed by atoms with Crippen molar-refractivity contribution in [2.45, 2.75) is 89.3 Å². The average Bonchev–Trinajstić information content (AvgIpc) is 2.77. The highest BCUT2D eigenvalue weighted by Crippen LogP contribution is 2.34. The van der Waals surface area contributed by atoms with Crippen LogP contribution in [0.4, 0.5) is 0 Å². The smallest absolute Gasteiger partial charge is 0.239 e. The van der Waals surface area contributed by atoms with E-state index in [2.05, 4.69) is 17.1 Å². The molecule has 0 aromatic carbocycles. The number of nitrogens with one attached hydrogen (secondary N) is 1. The van der Waals surface area contributed by atoms with Gasteiger partial charge >= 0.3 is 0 Å². The molecule has 2 saturated heterocycles. The molecule has 1 saturated carbocycles. The van der Waals surface area contributed by atoms with Gasteiger partial charge < -0.3 is 10.2 Å². The number of carbonyl (C=O) groups excluding carboxylic acids is 1. The molecule has 3 aliphatic rings. The summed E-state index contributed by atoms with van der Waals surface area (Å²) in [6.45, 7) is 3.23. The topological polar surface area (TPSA) is 32.3 Å². The van der Waals surface area contributed by atoms with Gasteiger partial charge in [0.15, 0.2) is 0 Å². The predicted octanol–water partition coefficient (Wildman–Crippen LogP) is 3.09. The molecule has 0 spiro atoms. The normalized spacial score (nSPS) is 38.4. The lowest BCUT2D eigenvalue weighted by Gasteiger charge is -2.31. The van der Waals surface area contributed by atoms with Crippen LogP contribution in [0.25, 0.3) is 0 Å². The van der Waals surface area contributed by atoms with Gasteiger partial charge in [0.2, 0.25) is 5.91 Å². The van der Waals surface area contributed by atoms with Gasteiger partial charge in [0.25, 0.3) is 0 Å². The third-order valence-electron chi connectivity index (χ3n) is 5.79. The lowest BCUT2D eigenvalue weighted by Crippen LogP contribution is -2.49. The van der Waals surface area contributed by atoms with Gasteiger partial charge in [-0.05, 0) is 44.4 Å². The molecule has 0 aromatic heterocycles. The summed E-state index contributed by atoms with van der Waals surface area (Å²) >= 11 is 0. The van der Waals surface area contributed by atoms with Crippen LogP contribution in [0.1, 0.15) is 71.1 Å². The van der Waals surface area contributed by atoms with E-state index >= 15 is 0 Å². The molecule has 114 valence electrons. The first kappa shape index (κ1) is 14.4. The fraction of sp³-hybridized carbons (Fsp3) is 0.941. The standard InChI is InChI=1S/C17H30N2O/c1-2-14-9-4-3-7-11-19(14)17(20)16-12-13-8-5-6-10-15(13)18-16/h13-16,18H,2-12H2,1H3. The maximum absolute atomic E-state index is 12.9. The van der Waals surface area contributed by atoms with E-state index in [0.29, 0.717) is 18.0 Å². The molecule has 4 unspecified atom stereocenters. The minimum absolute atomic E-state index is 0.121. The highest BCUT2D eigenvalue weighted by molar-refractivity contribution is 5.82. The number of likely N-dealkylation sites (tertiary alicyclic amines) is 1. The number of fused-ring (bicyclic) bond motifs is 1. The van der Waals surface area contributed by atoms with Crippen molar-refractivity contribution < 1.29 is 4.79 Å². The second-order valence-electron chi connectivity index (χ2n) is 7.05. The van der Waals surface area contributed by atoms with Gasteiger partial charge in [-0.3, -0.25) is 4.79 Å². The summed E-state index contributed by atoms with van der Waals surface area (Å²) in [4.78, 5) is 15.2. The fourth-order valence-electron chi connectivity index (χ4n) is 4.60. The number of hydrogen-bond donors (Lipinski definition) is 1. The predicted molar refractivity (Wildman–Crippen MR) is 81.5 cm³/mol. The molecule has 0 aromatic rings. The van der Waals surface area contributed by atoms with E-state index < -0.39 is 0 Å². The van der Waals surface area contributed by atoms with Crippen molar-refractivity contribution in [2.24, 2.45) is 5.92 Å². The van der Waals surface area contributed by atoms with Crippen LogP contribution in [-0.4, -0.2) is 35.5 Å². The number of hydrogen-bond acceptors (Lipinski definition) is 2. The average molecular weight is 278 g/mol. The van der Waals surface area contributed by atoms with Crippen LogP contribution in [0, 0.1) is 5.92 Å². The van der Waals surface area contributed by atoms with Gasteiger partial charge in [-0.15, -0.1) is 0 Å². The minimum Gasteiger partial charge on any atom is -0.338 e. The van der Waals surface area contributed by atoms with E-state index in [-0.39, 0.29) is 6.04 Å². The monoisotopic (exact) mass is 278 g/mol. The Morgan fingerprint density at radius 3 is 2.70 bits per heavy atom. The summed E-state index contributed by atoms with van der Waals surface area (Å²) < 4.78 is 0. The van der Waals surface area contributed by atoms with Crippen LogP contribution < -0.4 is 5.32 Å². The van der Waals surface area contributed by atoms with Crippen molar-refractivity contribution in [1.29, 1.82) is 0 Å². The molecule has 4 atom stereocenters. The molecule has 0 bridgehead atoms. The Labute approximate surface area is 123 Å². The Morgan fingerprint density at radius 1 is 1.10 bits per heavy atom. The van der Waals surface area contributed by atoms with E-state index in [1.165, 1.54) is 51.4 Å². The van der Waals surface area contributed by atoms with Crippen molar-refractivity contribution in [2.75, 3.05) is 6.54 Å². The number of amides is 1. The van der Waals surface area contributed by atoms with Crippen LogP contribution in [0.2, 0.25) is 0 Å². The molecule has 1 aliphatic carbocycles. The van der Waals surface area contributed by atoms with Crippen LogP contribution in [0.15, 0.2) is 0 Å². The molecule has 3 fully saturated rings. The number of nitrogens with zero attached hydrogens (tertiary/aromatic N) is 1. The highest BCUT2D eigenvalue weighted by Gasteiger charge is 2.40. The molecule has 3 heteroatoms. The molecule has 0 radical (unpaired) electrons. The van der Waals surface area contributed by atoms with Gasteiger partial charge in [0.05, 0.1) is 6.04 Å². The molecule has 2 aliphatic heterocycles. The van der Waals surface area contributed by atoms with Crippen LogP contribution in [-0.2, 0) is 4.79 Å². The third kappa shape index (κ3) is 2.88. The largest absolute Gasteiger partial charge is 0.338 e. The highest BCUT2D eigenvalue weighted by atomic mass is 16.2. The molecular formula is C17H30N2O. The van der Waals surface area contributed by atoms with Crippen LogP contribution >= 0.6 is 0 Å². The lowest BCUT2D eigenvalue weighted by atomic mass is 9.85. The van der Waals surface area contributed by atoms with Crippen LogP contribution in [0.3, 0.4) is 0 Å². The summed E-state index contributed by atoms with van der Waals surface area (Å²) in [7, 11) is 0. The zero-order valence-corrected chi connectivity index (χ0v) is 12.9. The molecule has 1 N–H and O–H groups in total. The molecule has 3 nitrogen and oxygen atoms in total. The fourth-order valence-corrected chi connectivity index (χ4v) is 4.60. The second-order valence-corrected chi connectivity index (χ2v) is 7.05. The SMILES string of the molecule is CCC1CCCCCN1C(=O)C1CC2CCCCC2N1. The Bertz CT molecular complexity index is 330. The quantitative estimate of drug-likeness (QED) is 0.842. The van der Waals surface area contributed by atoms with Crippen molar-refractivity contribution in [3.05, 3.63) is 0 Å². The summed E-state index contributed by atoms with van der Waals surface area (Å²) in [6.07, 6.45) is 12.5. The van der Waals surface area contributed by atoms with E-state index in [1.54, 1.807) is 0 Å². The number of carbonyl (C=O) groups is 1. The number of rotatable bonds is 2. The van der Waals surface area contributed by atoms with Crippen molar-refractivity contribution in [3.8, 4) is 0 Å². The van der Waals surface area contributed by atoms with Gasteiger partial charge in [0, 0.05) is 18.6 Å². The zero-order chi connectivity index (χ0) is 13.9. The molecular weight excluding hydrogens is 248 g/mol. The van der Waals surface area contributed by atoms with Gasteiger partial charge in [-0.2, -0.15) is 0 Å². The minimum atomic E-state index is 0.121. The summed E-state index contributed by atoms with van der Waals surface area (Å²) in [5.41, 5.74) is 0. The first-order chi connectivity index (χ1) is 9.79. The van der Waals surface area contributed by atoms with Gasteiger partial charge in [-0.25, -0.2) is 0 Å². The second kappa shape index (κ2) is 6.46. The van der Waals surface area contributed by atoms with Gasteiger partial charge in [-0.1, -0.05) is 32.6 Å². The Morgan fingerprint density at radius 2 is 1.90 bits per heavy atom. The molecule has 3 rings (SSSR count). The summed E-state index contributed by atoms with van der Waals surface area (Å²) in [5, 5.41) is 3.66. The zero-order valence-electron chi connectivity index (χ0n) is 12.9. The van der Waals surface area contributed by atoms with E-state index in [0.717, 1.165) is 25.3 Å². The molecule has 2 heterocycles. The molecule has 1 amide bonds. The lowest BCUT2D eigenvalue weighted by molar-refractivity contribution is -0.135. The first-order valence-electron chi connectivity index (χ1n) is 8.86. The summed E-state index contributed by atoms with van der Waals surface area (Å²) in [5.74, 6) is 1.18. The molecule has 20 heavy (non-hydrogen) atoms. The van der Waals surface area contributed by atoms with E-state index in [4.69, 9.17) is 0 Å². The first-order valence-corrected chi connectivity index (χ1v) is 8.86. The van der Waals surface area contributed by atoms with Crippen molar-refractivity contribution in [1.82, 2.24) is 10.2 Å². The maximum atomic E-state index is 12.9. The van der Waals surface area contributed by atoms with E-state index in [1.807, 2.05) is 0 Å². The van der Waals surface area contributed by atoms with Gasteiger partial charge in [0.1, 0.15) is 0 Å². The third-order valence-corrected chi connectivity index (χ3v) is 5.79. The summed E-state index contributed by atoms with van der Waals surface area (Å²) in [6, 6.07) is 1.24. The van der Waals surface area contributed by atoms with Crippen LogP contribution in [0.5, 0.6) is 0 Å². The van der Waals surface area contributed by atoms with E-state index in [9.17, 15) is 4.79 Å². The Balaban J connectivity index is 1.65. The van der Waals surface area contributed by atoms with Crippen molar-refractivity contribution in [3.63, 3.8) is 0 Å². The van der Waals surface area contributed by atoms with Crippen molar-refractivity contribution >= 4 is 5.91 Å². The Hall–Kier alpha value is -0.570. The Kier molecular flexibility index (Phi) is 4.65.